The van der Waals surface area contributed by atoms with Crippen molar-refractivity contribution in [3.05, 3.63) is 56.1 Å². The van der Waals surface area contributed by atoms with Gasteiger partial charge in [-0.15, -0.1) is 0 Å². The molecule has 0 unspecified atom stereocenters. The summed E-state index contributed by atoms with van der Waals surface area (Å²) in [6.45, 7) is 0.273. The Morgan fingerprint density at radius 2 is 2.15 bits per heavy atom. The summed E-state index contributed by atoms with van der Waals surface area (Å²) in [5.74, 6) is 0.146. The number of benzene rings is 1. The Labute approximate surface area is 123 Å². The molecule has 2 rings (SSSR count). The van der Waals surface area contributed by atoms with E-state index >= 15 is 0 Å². The van der Waals surface area contributed by atoms with E-state index in [0.29, 0.717) is 11.3 Å². The van der Waals surface area contributed by atoms with E-state index in [0.717, 1.165) is 4.57 Å². The van der Waals surface area contributed by atoms with E-state index in [1.54, 1.807) is 6.07 Å². The molecule has 0 aliphatic carbocycles. The normalized spacial score (nSPS) is 10.8. The molecule has 1 aromatic carbocycles. The van der Waals surface area contributed by atoms with Gasteiger partial charge >= 0.3 is 5.69 Å². The molecule has 106 valence electrons. The minimum Gasteiger partial charge on any atom is -0.297 e. The first-order valence-electron chi connectivity index (χ1n) is 5.82. The number of aromatic nitrogens is 2. The van der Waals surface area contributed by atoms with Gasteiger partial charge in [-0.1, -0.05) is 23.7 Å². The number of thioether (sulfide) groups is 1. The zero-order valence-corrected chi connectivity index (χ0v) is 12.2. The summed E-state index contributed by atoms with van der Waals surface area (Å²) in [4.78, 5) is 26.5. The van der Waals surface area contributed by atoms with Crippen molar-refractivity contribution in [1.29, 1.82) is 0 Å². The van der Waals surface area contributed by atoms with Crippen LogP contribution in [0.1, 0.15) is 0 Å². The first kappa shape index (κ1) is 14.9. The maximum atomic E-state index is 13.3. The SMILES string of the molecule is CSCCn1c(=O)[nH]c(Cl)c(-c2cccc(F)c2)c1=O. The van der Waals surface area contributed by atoms with Crippen LogP contribution in [-0.4, -0.2) is 21.6 Å². The molecule has 0 aliphatic heterocycles. The monoisotopic (exact) mass is 314 g/mol. The molecule has 0 fully saturated rings. The fraction of sp³-hybridized carbons (Fsp3) is 0.231. The predicted molar refractivity (Wildman–Crippen MR) is 80.1 cm³/mol. The van der Waals surface area contributed by atoms with Crippen LogP contribution >= 0.6 is 23.4 Å². The van der Waals surface area contributed by atoms with Gasteiger partial charge in [0.2, 0.25) is 0 Å². The Balaban J connectivity index is 2.65. The first-order valence-corrected chi connectivity index (χ1v) is 7.59. The molecule has 0 aliphatic rings. The van der Waals surface area contributed by atoms with Crippen LogP contribution in [-0.2, 0) is 6.54 Å². The Kier molecular flexibility index (Phi) is 4.67. The number of nitrogens with zero attached hydrogens (tertiary/aromatic N) is 1. The highest BCUT2D eigenvalue weighted by molar-refractivity contribution is 7.98. The molecule has 0 amide bonds. The lowest BCUT2D eigenvalue weighted by atomic mass is 10.1. The minimum absolute atomic E-state index is 0.0778. The van der Waals surface area contributed by atoms with Gasteiger partial charge in [-0.05, 0) is 24.0 Å². The number of halogens is 2. The molecule has 7 heteroatoms. The van der Waals surface area contributed by atoms with Gasteiger partial charge in [0, 0.05) is 12.3 Å². The summed E-state index contributed by atoms with van der Waals surface area (Å²) in [6, 6.07) is 5.54. The van der Waals surface area contributed by atoms with E-state index in [2.05, 4.69) is 4.98 Å². The van der Waals surface area contributed by atoms with E-state index in [1.807, 2.05) is 6.26 Å². The summed E-state index contributed by atoms with van der Waals surface area (Å²) >= 11 is 7.45. The molecule has 1 heterocycles. The third kappa shape index (κ3) is 2.96. The number of nitrogens with one attached hydrogen (secondary N) is 1. The maximum absolute atomic E-state index is 13.3. The van der Waals surface area contributed by atoms with Crippen LogP contribution < -0.4 is 11.2 Å². The summed E-state index contributed by atoms with van der Waals surface area (Å²) in [7, 11) is 0. The largest absolute Gasteiger partial charge is 0.329 e. The van der Waals surface area contributed by atoms with Gasteiger partial charge in [-0.3, -0.25) is 14.3 Å². The molecule has 0 bridgehead atoms. The van der Waals surface area contributed by atoms with Crippen LogP contribution in [0.3, 0.4) is 0 Å². The zero-order valence-electron chi connectivity index (χ0n) is 10.7. The standard InChI is InChI=1S/C13H12ClFN2O2S/c1-20-6-5-17-12(18)10(11(14)16-13(17)19)8-3-2-4-9(15)7-8/h2-4,7H,5-6H2,1H3,(H,16,19). The molecule has 1 N–H and O–H groups in total. The van der Waals surface area contributed by atoms with Crippen molar-refractivity contribution in [3.63, 3.8) is 0 Å². The number of aromatic amines is 1. The topological polar surface area (TPSA) is 54.9 Å². The maximum Gasteiger partial charge on any atom is 0.329 e. The molecular weight excluding hydrogens is 303 g/mol. The molecule has 0 saturated heterocycles. The molecule has 1 aromatic heterocycles. The van der Waals surface area contributed by atoms with Crippen LogP contribution in [0.15, 0.2) is 33.9 Å². The molecular formula is C13H12ClFN2O2S. The van der Waals surface area contributed by atoms with Crippen molar-refractivity contribution < 1.29 is 4.39 Å². The highest BCUT2D eigenvalue weighted by Gasteiger charge is 2.14. The van der Waals surface area contributed by atoms with E-state index in [1.165, 1.54) is 30.0 Å². The van der Waals surface area contributed by atoms with Crippen LogP contribution in [0.25, 0.3) is 11.1 Å². The Hall–Kier alpha value is -1.53. The Bertz CT molecular complexity index is 742. The smallest absolute Gasteiger partial charge is 0.297 e. The fourth-order valence-corrected chi connectivity index (χ4v) is 2.46. The van der Waals surface area contributed by atoms with Crippen molar-refractivity contribution in [2.75, 3.05) is 12.0 Å². The molecule has 0 saturated carbocycles. The van der Waals surface area contributed by atoms with Gasteiger partial charge in [0.1, 0.15) is 11.0 Å². The second kappa shape index (κ2) is 6.28. The lowest BCUT2D eigenvalue weighted by Gasteiger charge is -2.08. The van der Waals surface area contributed by atoms with Gasteiger partial charge in [-0.2, -0.15) is 11.8 Å². The molecule has 2 aromatic rings. The number of rotatable bonds is 4. The third-order valence-corrected chi connectivity index (χ3v) is 3.65. The van der Waals surface area contributed by atoms with Crippen molar-refractivity contribution in [2.45, 2.75) is 6.54 Å². The lowest BCUT2D eigenvalue weighted by molar-refractivity contribution is 0.628. The van der Waals surface area contributed by atoms with E-state index in [9.17, 15) is 14.0 Å². The van der Waals surface area contributed by atoms with Crippen LogP contribution in [0.4, 0.5) is 4.39 Å². The quantitative estimate of drug-likeness (QED) is 0.881. The molecule has 0 atom stereocenters. The minimum atomic E-state index is -0.561. The molecule has 4 nitrogen and oxygen atoms in total. The van der Waals surface area contributed by atoms with Crippen LogP contribution in [0.2, 0.25) is 5.15 Å². The molecule has 0 spiro atoms. The Morgan fingerprint density at radius 1 is 1.40 bits per heavy atom. The number of hydrogen-bond acceptors (Lipinski definition) is 3. The van der Waals surface area contributed by atoms with Gasteiger partial charge in [0.15, 0.2) is 0 Å². The fourth-order valence-electron chi connectivity index (χ4n) is 1.82. The highest BCUT2D eigenvalue weighted by Crippen LogP contribution is 2.22. The lowest BCUT2D eigenvalue weighted by Crippen LogP contribution is -2.36. The summed E-state index contributed by atoms with van der Waals surface area (Å²) in [6.07, 6.45) is 1.88. The highest BCUT2D eigenvalue weighted by atomic mass is 35.5. The second-order valence-corrected chi connectivity index (χ2v) is 5.44. The summed E-state index contributed by atoms with van der Waals surface area (Å²) in [5.41, 5.74) is -0.631. The van der Waals surface area contributed by atoms with Crippen molar-refractivity contribution in [2.24, 2.45) is 0 Å². The van der Waals surface area contributed by atoms with Gasteiger partial charge < -0.3 is 0 Å². The summed E-state index contributed by atoms with van der Waals surface area (Å²) in [5, 5.41) is -0.0778. The Morgan fingerprint density at radius 3 is 2.80 bits per heavy atom. The van der Waals surface area contributed by atoms with Crippen LogP contribution in [0.5, 0.6) is 0 Å². The number of hydrogen-bond donors (Lipinski definition) is 1. The first-order chi connectivity index (χ1) is 9.54. The molecule has 0 radical (unpaired) electrons. The summed E-state index contributed by atoms with van der Waals surface area (Å²) < 4.78 is 14.3. The predicted octanol–water partition coefficient (Wildman–Crippen LogP) is 2.36. The second-order valence-electron chi connectivity index (χ2n) is 4.08. The van der Waals surface area contributed by atoms with Gasteiger partial charge in [0.05, 0.1) is 5.56 Å². The zero-order chi connectivity index (χ0) is 14.7. The van der Waals surface area contributed by atoms with Gasteiger partial charge in [-0.25, -0.2) is 9.18 Å². The van der Waals surface area contributed by atoms with E-state index in [-0.39, 0.29) is 17.3 Å². The van der Waals surface area contributed by atoms with Crippen molar-refractivity contribution in [1.82, 2.24) is 9.55 Å². The van der Waals surface area contributed by atoms with Gasteiger partial charge in [0.25, 0.3) is 5.56 Å². The third-order valence-electron chi connectivity index (χ3n) is 2.77. The average molecular weight is 315 g/mol. The van der Waals surface area contributed by atoms with Crippen molar-refractivity contribution >= 4 is 23.4 Å². The van der Waals surface area contributed by atoms with E-state index in [4.69, 9.17) is 11.6 Å². The van der Waals surface area contributed by atoms with E-state index < -0.39 is 17.1 Å². The molecule has 20 heavy (non-hydrogen) atoms. The number of H-pyrrole nitrogens is 1. The average Bonchev–Trinajstić information content (AvgIpc) is 2.38. The van der Waals surface area contributed by atoms with Crippen LogP contribution in [0, 0.1) is 5.82 Å². The van der Waals surface area contributed by atoms with Crippen molar-refractivity contribution in [3.8, 4) is 11.1 Å².